The van der Waals surface area contributed by atoms with E-state index in [4.69, 9.17) is 8.60 Å². The Labute approximate surface area is 154 Å². The second kappa shape index (κ2) is 7.82. The first-order valence-electron chi connectivity index (χ1n) is 8.10. The van der Waals surface area contributed by atoms with Crippen LogP contribution in [0.2, 0.25) is 0 Å². The van der Waals surface area contributed by atoms with Gasteiger partial charge in [0.15, 0.2) is 0 Å². The van der Waals surface area contributed by atoms with Gasteiger partial charge in [-0.05, 0) is 50.6 Å². The van der Waals surface area contributed by atoms with Gasteiger partial charge in [0.2, 0.25) is 0 Å². The van der Waals surface area contributed by atoms with Crippen molar-refractivity contribution in [2.75, 3.05) is 6.26 Å². The molecule has 0 saturated heterocycles. The number of nitrogens with zero attached hydrogens (tertiary/aromatic N) is 1. The summed E-state index contributed by atoms with van der Waals surface area (Å²) in [5.74, 6) is 0.902. The number of carbonyl (C=O) groups is 1. The maximum absolute atomic E-state index is 12.6. The molecule has 142 valence electrons. The number of furan rings is 1. The van der Waals surface area contributed by atoms with Crippen LogP contribution in [-0.2, 0) is 23.2 Å². The maximum atomic E-state index is 12.6. The molecular weight excluding hydrogens is 356 g/mol. The lowest BCUT2D eigenvalue weighted by atomic mass is 10.1. The van der Waals surface area contributed by atoms with Crippen LogP contribution in [0.4, 0.5) is 4.79 Å². The van der Waals surface area contributed by atoms with Crippen LogP contribution >= 0.6 is 0 Å². The van der Waals surface area contributed by atoms with Crippen molar-refractivity contribution in [3.63, 3.8) is 0 Å². The van der Waals surface area contributed by atoms with Gasteiger partial charge in [-0.25, -0.2) is 4.79 Å². The van der Waals surface area contributed by atoms with E-state index in [-0.39, 0.29) is 17.3 Å². The predicted molar refractivity (Wildman–Crippen MR) is 98.2 cm³/mol. The highest BCUT2D eigenvalue weighted by atomic mass is 32.2. The zero-order valence-corrected chi connectivity index (χ0v) is 16.2. The quantitative estimate of drug-likeness (QED) is 0.778. The molecule has 0 aliphatic carbocycles. The number of rotatable bonds is 6. The van der Waals surface area contributed by atoms with E-state index in [2.05, 4.69) is 5.32 Å². The molecule has 2 rings (SSSR count). The minimum Gasteiger partial charge on any atom is -0.467 e. The van der Waals surface area contributed by atoms with Crippen molar-refractivity contribution in [3.8, 4) is 5.75 Å². The summed E-state index contributed by atoms with van der Waals surface area (Å²) in [6.45, 7) is 6.38. The van der Waals surface area contributed by atoms with Crippen LogP contribution in [0.15, 0.2) is 47.1 Å². The molecule has 0 fully saturated rings. The molecule has 1 aromatic heterocycles. The smallest absolute Gasteiger partial charge is 0.318 e. The van der Waals surface area contributed by atoms with Crippen molar-refractivity contribution in [2.45, 2.75) is 39.4 Å². The normalized spacial score (nSPS) is 11.8. The summed E-state index contributed by atoms with van der Waals surface area (Å²) in [7, 11) is -3.57. The van der Waals surface area contributed by atoms with E-state index in [0.717, 1.165) is 11.8 Å². The third kappa shape index (κ3) is 6.79. The molecule has 2 amide bonds. The topological polar surface area (TPSA) is 88.9 Å². The minimum atomic E-state index is -3.57. The van der Waals surface area contributed by atoms with Crippen molar-refractivity contribution in [1.82, 2.24) is 10.2 Å². The summed E-state index contributed by atoms with van der Waals surface area (Å²) < 4.78 is 32.5. The van der Waals surface area contributed by atoms with E-state index in [0.29, 0.717) is 18.8 Å². The molecule has 0 unspecified atom stereocenters. The van der Waals surface area contributed by atoms with Gasteiger partial charge in [0.25, 0.3) is 0 Å². The fourth-order valence-electron chi connectivity index (χ4n) is 2.24. The molecule has 0 aliphatic rings. The Bertz CT molecular complexity index is 821. The van der Waals surface area contributed by atoms with Crippen LogP contribution in [-0.4, -0.2) is 31.1 Å². The SMILES string of the molecule is CC(C)(C)NC(=O)N(Cc1ccc(OS(C)(=O)=O)cc1)Cc1ccco1. The number of carbonyl (C=O) groups excluding carboxylic acids is 1. The zero-order chi connectivity index (χ0) is 19.4. The van der Waals surface area contributed by atoms with E-state index >= 15 is 0 Å². The van der Waals surface area contributed by atoms with Crippen LogP contribution in [0, 0.1) is 0 Å². The van der Waals surface area contributed by atoms with E-state index in [1.165, 1.54) is 0 Å². The number of amides is 2. The van der Waals surface area contributed by atoms with Crippen LogP contribution < -0.4 is 9.50 Å². The van der Waals surface area contributed by atoms with Gasteiger partial charge >= 0.3 is 16.1 Å². The zero-order valence-electron chi connectivity index (χ0n) is 15.4. The number of benzene rings is 1. The van der Waals surface area contributed by atoms with Gasteiger partial charge in [-0.15, -0.1) is 0 Å². The van der Waals surface area contributed by atoms with E-state index in [1.54, 1.807) is 47.6 Å². The van der Waals surface area contributed by atoms with Crippen LogP contribution in [0.5, 0.6) is 5.75 Å². The molecule has 1 aromatic carbocycles. The van der Waals surface area contributed by atoms with Gasteiger partial charge < -0.3 is 18.8 Å². The van der Waals surface area contributed by atoms with Crippen molar-refractivity contribution in [3.05, 3.63) is 54.0 Å². The van der Waals surface area contributed by atoms with Gasteiger partial charge in [0.05, 0.1) is 19.1 Å². The van der Waals surface area contributed by atoms with Crippen molar-refractivity contribution in [2.24, 2.45) is 0 Å². The average molecular weight is 380 g/mol. The highest BCUT2D eigenvalue weighted by molar-refractivity contribution is 7.86. The first kappa shape index (κ1) is 19.8. The second-order valence-corrected chi connectivity index (χ2v) is 8.62. The van der Waals surface area contributed by atoms with Gasteiger partial charge in [-0.3, -0.25) is 0 Å². The molecule has 7 nitrogen and oxygen atoms in total. The third-order valence-electron chi connectivity index (χ3n) is 3.24. The Morgan fingerprint density at radius 2 is 1.81 bits per heavy atom. The molecule has 26 heavy (non-hydrogen) atoms. The van der Waals surface area contributed by atoms with Crippen molar-refractivity contribution in [1.29, 1.82) is 0 Å². The Balaban J connectivity index is 2.13. The summed E-state index contributed by atoms with van der Waals surface area (Å²) in [6.07, 6.45) is 2.55. The average Bonchev–Trinajstić information content (AvgIpc) is 2.98. The van der Waals surface area contributed by atoms with Crippen molar-refractivity contribution >= 4 is 16.1 Å². The first-order valence-corrected chi connectivity index (χ1v) is 9.91. The first-order chi connectivity index (χ1) is 12.0. The molecular formula is C18H24N2O5S. The third-order valence-corrected chi connectivity index (χ3v) is 3.74. The van der Waals surface area contributed by atoms with Gasteiger partial charge in [0.1, 0.15) is 11.5 Å². The van der Waals surface area contributed by atoms with Crippen molar-refractivity contribution < 1.29 is 21.8 Å². The fourth-order valence-corrected chi connectivity index (χ4v) is 2.70. The second-order valence-electron chi connectivity index (χ2n) is 7.05. The number of urea groups is 1. The molecule has 1 N–H and O–H groups in total. The Morgan fingerprint density at radius 1 is 1.15 bits per heavy atom. The van der Waals surface area contributed by atoms with Crippen LogP contribution in [0.1, 0.15) is 32.1 Å². The number of hydrogen-bond donors (Lipinski definition) is 1. The van der Waals surface area contributed by atoms with Gasteiger partial charge in [-0.1, -0.05) is 12.1 Å². The number of hydrogen-bond acceptors (Lipinski definition) is 5. The lowest BCUT2D eigenvalue weighted by molar-refractivity contribution is 0.178. The lowest BCUT2D eigenvalue weighted by Gasteiger charge is -2.28. The highest BCUT2D eigenvalue weighted by Crippen LogP contribution is 2.17. The largest absolute Gasteiger partial charge is 0.467 e. The predicted octanol–water partition coefficient (Wildman–Crippen LogP) is 3.13. The van der Waals surface area contributed by atoms with E-state index in [9.17, 15) is 13.2 Å². The monoisotopic (exact) mass is 380 g/mol. The van der Waals surface area contributed by atoms with E-state index < -0.39 is 10.1 Å². The lowest BCUT2D eigenvalue weighted by Crippen LogP contribution is -2.47. The number of nitrogens with one attached hydrogen (secondary N) is 1. The fraction of sp³-hybridized carbons (Fsp3) is 0.389. The summed E-state index contributed by atoms with van der Waals surface area (Å²) in [5, 5.41) is 2.94. The van der Waals surface area contributed by atoms with Crippen LogP contribution in [0.3, 0.4) is 0 Å². The Morgan fingerprint density at radius 3 is 2.31 bits per heavy atom. The van der Waals surface area contributed by atoms with Gasteiger partial charge in [-0.2, -0.15) is 8.42 Å². The molecule has 0 radical (unpaired) electrons. The molecule has 0 aliphatic heterocycles. The Hall–Kier alpha value is -2.48. The van der Waals surface area contributed by atoms with Crippen LogP contribution in [0.25, 0.3) is 0 Å². The molecule has 1 heterocycles. The minimum absolute atomic E-state index is 0.217. The molecule has 0 bridgehead atoms. The summed E-state index contributed by atoms with van der Waals surface area (Å²) in [4.78, 5) is 14.2. The molecule has 0 atom stereocenters. The molecule has 0 spiro atoms. The molecule has 2 aromatic rings. The Kier molecular flexibility index (Phi) is 5.97. The highest BCUT2D eigenvalue weighted by Gasteiger charge is 2.21. The van der Waals surface area contributed by atoms with Gasteiger partial charge in [0, 0.05) is 12.1 Å². The molecule has 0 saturated carbocycles. The summed E-state index contributed by atoms with van der Waals surface area (Å²) >= 11 is 0. The molecule has 8 heteroatoms. The standard InChI is InChI=1S/C18H24N2O5S/c1-18(2,3)19-17(21)20(13-16-6-5-11-24-16)12-14-7-9-15(10-8-14)25-26(4,22)23/h5-11H,12-13H2,1-4H3,(H,19,21). The van der Waals surface area contributed by atoms with E-state index in [1.807, 2.05) is 20.8 Å². The summed E-state index contributed by atoms with van der Waals surface area (Å²) in [5.41, 5.74) is 0.465. The maximum Gasteiger partial charge on any atom is 0.318 e. The summed E-state index contributed by atoms with van der Waals surface area (Å²) in [6, 6.07) is 9.92.